The van der Waals surface area contributed by atoms with Crippen LogP contribution in [-0.2, 0) is 14.4 Å². The normalized spacial score (nSPS) is 12.2. The molecule has 6 nitrogen and oxygen atoms in total. The van der Waals surface area contributed by atoms with E-state index in [9.17, 15) is 10.0 Å². The zero-order valence-corrected chi connectivity index (χ0v) is 6.49. The number of carbonyl (C=O) groups excluding carboxylic acids is 1. The van der Waals surface area contributed by atoms with Gasteiger partial charge in [0.05, 0.1) is 6.61 Å². The molecule has 0 fully saturated rings. The van der Waals surface area contributed by atoms with Crippen molar-refractivity contribution >= 4 is 5.97 Å². The first kappa shape index (κ1) is 11.1. The van der Waals surface area contributed by atoms with Crippen molar-refractivity contribution < 1.29 is 25.0 Å². The SMILES string of the molecule is C=CCCOC(=O)CO[NH+]([O-])O. The Hall–Kier alpha value is -0.950. The first-order valence-electron chi connectivity index (χ1n) is 3.29. The van der Waals surface area contributed by atoms with Crippen LogP contribution in [0.3, 0.4) is 0 Å². The summed E-state index contributed by atoms with van der Waals surface area (Å²) in [6.07, 6.45) is 2.13. The average Bonchev–Trinajstić information content (AvgIpc) is 2.01. The molecule has 2 N–H and O–H groups in total. The maximum atomic E-state index is 10.6. The molecule has 0 heterocycles. The Morgan fingerprint density at radius 2 is 2.42 bits per heavy atom. The first-order valence-corrected chi connectivity index (χ1v) is 3.29. The van der Waals surface area contributed by atoms with Crippen molar-refractivity contribution in [1.82, 2.24) is 0 Å². The molecule has 0 aliphatic carbocycles. The number of nitrogens with one attached hydrogen (secondary N) is 1. The van der Waals surface area contributed by atoms with Crippen molar-refractivity contribution in [2.75, 3.05) is 13.2 Å². The molecule has 0 aromatic rings. The third-order valence-corrected chi connectivity index (χ3v) is 0.899. The summed E-state index contributed by atoms with van der Waals surface area (Å²) in [6, 6.07) is 0. The van der Waals surface area contributed by atoms with E-state index in [4.69, 9.17) is 5.21 Å². The van der Waals surface area contributed by atoms with E-state index in [1.165, 1.54) is 0 Å². The van der Waals surface area contributed by atoms with Crippen molar-refractivity contribution in [3.63, 3.8) is 0 Å². The predicted octanol–water partition coefficient (Wildman–Crippen LogP) is -1.19. The van der Waals surface area contributed by atoms with Crippen LogP contribution >= 0.6 is 0 Å². The summed E-state index contributed by atoms with van der Waals surface area (Å²) in [7, 11) is 0. The van der Waals surface area contributed by atoms with Crippen LogP contribution in [0, 0.1) is 5.21 Å². The summed E-state index contributed by atoms with van der Waals surface area (Å²) < 4.78 is 4.53. The van der Waals surface area contributed by atoms with E-state index in [-0.39, 0.29) is 6.61 Å². The van der Waals surface area contributed by atoms with E-state index in [0.29, 0.717) is 6.42 Å². The van der Waals surface area contributed by atoms with Crippen LogP contribution in [-0.4, -0.2) is 24.4 Å². The number of rotatable bonds is 6. The second-order valence-corrected chi connectivity index (χ2v) is 1.85. The Balaban J connectivity index is 3.27. The van der Waals surface area contributed by atoms with E-state index < -0.39 is 18.0 Å². The first-order chi connectivity index (χ1) is 5.66. The summed E-state index contributed by atoms with van der Waals surface area (Å²) in [5, 5.41) is 16.3. The molecule has 0 saturated carbocycles. The zero-order valence-electron chi connectivity index (χ0n) is 6.49. The van der Waals surface area contributed by atoms with Crippen LogP contribution in [0.25, 0.3) is 0 Å². The van der Waals surface area contributed by atoms with Gasteiger partial charge in [-0.3, -0.25) is 0 Å². The van der Waals surface area contributed by atoms with Gasteiger partial charge in [-0.2, -0.15) is 10.0 Å². The lowest BCUT2D eigenvalue weighted by molar-refractivity contribution is -1.20. The molecule has 0 bridgehead atoms. The molecular formula is C6H11NO5. The highest BCUT2D eigenvalue weighted by molar-refractivity contribution is 5.70. The number of esters is 1. The van der Waals surface area contributed by atoms with Crippen LogP contribution in [0.2, 0.25) is 0 Å². The molecule has 1 atom stereocenters. The topological polar surface area (TPSA) is 83.3 Å². The quantitative estimate of drug-likeness (QED) is 0.231. The largest absolute Gasteiger partial charge is 0.566 e. The Bertz CT molecular complexity index is 147. The van der Waals surface area contributed by atoms with Gasteiger partial charge >= 0.3 is 5.97 Å². The summed E-state index contributed by atoms with van der Waals surface area (Å²) >= 11 is 0. The van der Waals surface area contributed by atoms with Gasteiger partial charge in [0.2, 0.25) is 6.61 Å². The van der Waals surface area contributed by atoms with Gasteiger partial charge in [0.1, 0.15) is 0 Å². The molecule has 0 aromatic heterocycles. The molecule has 6 heteroatoms. The second kappa shape index (κ2) is 6.74. The van der Waals surface area contributed by atoms with E-state index >= 15 is 0 Å². The van der Waals surface area contributed by atoms with Gasteiger partial charge in [0, 0.05) is 0 Å². The molecule has 0 saturated heterocycles. The Morgan fingerprint density at radius 3 is 2.92 bits per heavy atom. The van der Waals surface area contributed by atoms with Crippen LogP contribution in [0.15, 0.2) is 12.7 Å². The molecule has 0 amide bonds. The smallest absolute Gasteiger partial charge is 0.338 e. The third-order valence-electron chi connectivity index (χ3n) is 0.899. The van der Waals surface area contributed by atoms with Crippen molar-refractivity contribution in [3.05, 3.63) is 17.9 Å². The minimum Gasteiger partial charge on any atom is -0.566 e. The van der Waals surface area contributed by atoms with Crippen molar-refractivity contribution in [2.24, 2.45) is 0 Å². The summed E-state index contributed by atoms with van der Waals surface area (Å²) in [5.74, 6) is -0.695. The fourth-order valence-corrected chi connectivity index (χ4v) is 0.418. The maximum Gasteiger partial charge on any atom is 0.338 e. The van der Waals surface area contributed by atoms with Crippen LogP contribution < -0.4 is 5.39 Å². The fraction of sp³-hybridized carbons (Fsp3) is 0.500. The third kappa shape index (κ3) is 7.16. The Morgan fingerprint density at radius 1 is 1.75 bits per heavy atom. The lowest BCUT2D eigenvalue weighted by Gasteiger charge is -2.09. The minimum absolute atomic E-state index is 0.200. The number of ether oxygens (including phenoxy) is 1. The molecular weight excluding hydrogens is 166 g/mol. The monoisotopic (exact) mass is 177 g/mol. The molecule has 12 heavy (non-hydrogen) atoms. The number of quaternary nitrogens is 1. The number of hydrogen-bond acceptors (Lipinski definition) is 5. The number of carbonyl (C=O) groups is 1. The van der Waals surface area contributed by atoms with Crippen LogP contribution in [0.5, 0.6) is 0 Å². The highest BCUT2D eigenvalue weighted by atomic mass is 17.1. The van der Waals surface area contributed by atoms with E-state index in [1.807, 2.05) is 0 Å². The molecule has 0 aliphatic rings. The Kier molecular flexibility index (Phi) is 6.21. The standard InChI is InChI=1S/C6H11NO5/c1-2-3-4-11-6(8)5-12-7(9)10/h2,7,9H,1,3-5H2. The van der Waals surface area contributed by atoms with Gasteiger partial charge < -0.3 is 9.94 Å². The van der Waals surface area contributed by atoms with E-state index in [0.717, 1.165) is 0 Å². The number of hydrogen-bond donors (Lipinski definition) is 2. The molecule has 0 rings (SSSR count). The lowest BCUT2D eigenvalue weighted by atomic mass is 10.5. The maximum absolute atomic E-state index is 10.6. The van der Waals surface area contributed by atoms with Gasteiger partial charge in [-0.1, -0.05) is 11.5 Å². The molecule has 0 aromatic carbocycles. The second-order valence-electron chi connectivity index (χ2n) is 1.85. The minimum atomic E-state index is -1.49. The van der Waals surface area contributed by atoms with Gasteiger partial charge in [-0.15, -0.1) is 6.58 Å². The highest BCUT2D eigenvalue weighted by Crippen LogP contribution is 1.83. The lowest BCUT2D eigenvalue weighted by Crippen LogP contribution is -3.03. The Labute approximate surface area is 69.5 Å². The summed E-state index contributed by atoms with van der Waals surface area (Å²) in [6.45, 7) is 3.05. The van der Waals surface area contributed by atoms with Gasteiger partial charge in [-0.25, -0.2) is 4.79 Å². The van der Waals surface area contributed by atoms with Gasteiger partial charge in [0.25, 0.3) is 0 Å². The van der Waals surface area contributed by atoms with Gasteiger partial charge in [0.15, 0.2) is 0 Å². The molecule has 0 aliphatic heterocycles. The highest BCUT2D eigenvalue weighted by Gasteiger charge is 2.04. The van der Waals surface area contributed by atoms with Crippen molar-refractivity contribution in [2.45, 2.75) is 6.42 Å². The van der Waals surface area contributed by atoms with E-state index in [1.54, 1.807) is 6.08 Å². The van der Waals surface area contributed by atoms with Crippen LogP contribution in [0.4, 0.5) is 0 Å². The van der Waals surface area contributed by atoms with E-state index in [2.05, 4.69) is 16.2 Å². The molecule has 70 valence electrons. The zero-order chi connectivity index (χ0) is 9.40. The predicted molar refractivity (Wildman–Crippen MR) is 37.8 cm³/mol. The molecule has 1 unspecified atom stereocenters. The molecule has 0 spiro atoms. The van der Waals surface area contributed by atoms with Crippen molar-refractivity contribution in [1.29, 1.82) is 0 Å². The van der Waals surface area contributed by atoms with Crippen LogP contribution in [0.1, 0.15) is 6.42 Å². The summed E-state index contributed by atoms with van der Waals surface area (Å²) in [4.78, 5) is 14.5. The molecule has 0 radical (unpaired) electrons. The van der Waals surface area contributed by atoms with Crippen molar-refractivity contribution in [3.8, 4) is 0 Å². The fourth-order valence-electron chi connectivity index (χ4n) is 0.418. The van der Waals surface area contributed by atoms with Gasteiger partial charge in [-0.05, 0) is 6.42 Å². The average molecular weight is 177 g/mol. The summed E-state index contributed by atoms with van der Waals surface area (Å²) in [5.41, 5.74) is 0.